The Labute approximate surface area is 114 Å². The predicted molar refractivity (Wildman–Crippen MR) is 49.0 cm³/mol. The molecule has 1 aromatic carbocycles. The van der Waals surface area contributed by atoms with Gasteiger partial charge in [0.2, 0.25) is 0 Å². The molecule has 0 atom stereocenters. The van der Waals surface area contributed by atoms with Crippen molar-refractivity contribution in [2.24, 2.45) is 0 Å². The van der Waals surface area contributed by atoms with E-state index in [0.29, 0.717) is 11.1 Å². The number of aliphatic hydroxyl groups excluding tert-OH is 1. The Morgan fingerprint density at radius 2 is 2.08 bits per heavy atom. The average Bonchev–Trinajstić information content (AvgIpc) is 2.03. The first kappa shape index (κ1) is 13.2. The zero-order valence-corrected chi connectivity index (χ0v) is 12.4. The molecule has 0 bridgehead atoms. The zero-order valence-electron chi connectivity index (χ0n) is 7.62. The van der Waals surface area contributed by atoms with Gasteiger partial charge in [-0.15, -0.1) is 0 Å². The molecule has 1 aromatic rings. The maximum absolute atomic E-state index is 9.42. The Morgan fingerprint density at radius 3 is 2.54 bits per heavy atom. The molecule has 0 aliphatic rings. The van der Waals surface area contributed by atoms with Gasteiger partial charge in [-0.3, -0.25) is 0 Å². The van der Waals surface area contributed by atoms with Crippen molar-refractivity contribution in [3.63, 3.8) is 0 Å². The summed E-state index contributed by atoms with van der Waals surface area (Å²) in [6.45, 7) is 5.39. The van der Waals surface area contributed by atoms with Gasteiger partial charge in [-0.05, 0) is 24.1 Å². The molecule has 67 valence electrons. The van der Waals surface area contributed by atoms with Crippen LogP contribution in [0.2, 0.25) is 0 Å². The Balaban J connectivity index is 0.00000144. The van der Waals surface area contributed by atoms with Crippen LogP contribution in [-0.4, -0.2) is 16.8 Å². The predicted octanol–water partition coefficient (Wildman–Crippen LogP) is 1.71. The summed E-state index contributed by atoms with van der Waals surface area (Å²) in [5, 5.41) is 18.2. The molecule has 3 heteroatoms. The molecule has 0 saturated heterocycles. The van der Waals surface area contributed by atoms with Crippen LogP contribution in [0.4, 0.5) is 0 Å². The molecule has 0 aliphatic carbocycles. The number of benzene rings is 1. The maximum atomic E-state index is 9.42. The number of rotatable bonds is 2. The minimum atomic E-state index is -0.128. The summed E-state index contributed by atoms with van der Waals surface area (Å²) >= 11 is 0. The van der Waals surface area contributed by atoms with Gasteiger partial charge in [-0.1, -0.05) is 18.7 Å². The van der Waals surface area contributed by atoms with E-state index in [1.807, 2.05) is 13.0 Å². The van der Waals surface area contributed by atoms with Crippen molar-refractivity contribution in [2.75, 3.05) is 6.61 Å². The van der Waals surface area contributed by atoms with Crippen molar-refractivity contribution in [1.82, 2.24) is 0 Å². The number of aryl methyl sites for hydroxylation is 1. The quantitative estimate of drug-likeness (QED) is 0.806. The molecule has 0 aromatic heterocycles. The molecule has 0 heterocycles. The van der Waals surface area contributed by atoms with Gasteiger partial charge < -0.3 is 10.2 Å². The summed E-state index contributed by atoms with van der Waals surface area (Å²) in [5.41, 5.74) is 2.14. The van der Waals surface area contributed by atoms with Crippen LogP contribution in [0.15, 0.2) is 24.8 Å². The average molecular weight is 391 g/mol. The molecule has 0 fully saturated rings. The van der Waals surface area contributed by atoms with Crippen molar-refractivity contribution >= 4 is 5.57 Å². The van der Waals surface area contributed by atoms with Crippen molar-refractivity contribution in [1.29, 1.82) is 0 Å². The first-order chi connectivity index (χ1) is 5.65. The maximum Gasteiger partial charge on any atom is 0.123 e. The summed E-state index contributed by atoms with van der Waals surface area (Å²) in [6.07, 6.45) is 0. The third-order valence-electron chi connectivity index (χ3n) is 1.72. The van der Waals surface area contributed by atoms with E-state index in [0.717, 1.165) is 5.56 Å². The molecule has 0 amide bonds. The summed E-state index contributed by atoms with van der Waals surface area (Å²) in [7, 11) is 0. The molecular weight excluding hydrogens is 379 g/mol. The van der Waals surface area contributed by atoms with Gasteiger partial charge in [-0.25, -0.2) is 0 Å². The molecule has 2 nitrogen and oxygen atoms in total. The van der Waals surface area contributed by atoms with Crippen LogP contribution in [0.1, 0.15) is 11.1 Å². The molecule has 0 saturated carbocycles. The fourth-order valence-corrected chi connectivity index (χ4v) is 1.03. The summed E-state index contributed by atoms with van der Waals surface area (Å²) in [5.74, 6) is 0.175. The first-order valence-corrected chi connectivity index (χ1v) is 3.73. The van der Waals surface area contributed by atoms with Crippen LogP contribution in [0, 0.1) is 51.0 Å². The van der Waals surface area contributed by atoms with Gasteiger partial charge in [0.05, 0.1) is 6.61 Å². The number of aromatic hydroxyl groups is 1. The third-order valence-corrected chi connectivity index (χ3v) is 1.72. The van der Waals surface area contributed by atoms with E-state index in [1.54, 1.807) is 12.1 Å². The van der Waals surface area contributed by atoms with Gasteiger partial charge in [-0.2, -0.15) is 0 Å². The van der Waals surface area contributed by atoms with E-state index < -0.39 is 0 Å². The molecule has 0 spiro atoms. The standard InChI is InChI=1S/C10H12O2.Ac/c1-7-3-4-9(8(2)6-11)10(12)5-7;/h3-5,11-12H,2,6H2,1H3;. The van der Waals surface area contributed by atoms with E-state index >= 15 is 0 Å². The normalized spacial score (nSPS) is 9.08. The minimum absolute atomic E-state index is 0. The summed E-state index contributed by atoms with van der Waals surface area (Å²) in [4.78, 5) is 0. The monoisotopic (exact) mass is 391 g/mol. The number of phenols is 1. The SMILES string of the molecule is C=C(CO)c1ccc(C)cc1O.[Ac]. The number of hydrogen-bond donors (Lipinski definition) is 2. The molecular formula is C10H12AcO2. The molecule has 1 radical (unpaired) electrons. The van der Waals surface area contributed by atoms with Crippen LogP contribution in [-0.2, 0) is 0 Å². The van der Waals surface area contributed by atoms with Gasteiger partial charge in [0, 0.05) is 49.6 Å². The second kappa shape index (κ2) is 5.80. The Hall–Kier alpha value is 0.162. The summed E-state index contributed by atoms with van der Waals surface area (Å²) in [6, 6.07) is 5.27. The fraction of sp³-hybridized carbons (Fsp3) is 0.200. The third kappa shape index (κ3) is 3.42. The van der Waals surface area contributed by atoms with E-state index in [2.05, 4.69) is 6.58 Å². The van der Waals surface area contributed by atoms with Crippen molar-refractivity contribution < 1.29 is 54.3 Å². The Bertz CT molecular complexity index is 308. The summed E-state index contributed by atoms with van der Waals surface area (Å²) < 4.78 is 0. The van der Waals surface area contributed by atoms with Crippen LogP contribution in [0.3, 0.4) is 0 Å². The van der Waals surface area contributed by atoms with Gasteiger partial charge in [0.25, 0.3) is 0 Å². The Morgan fingerprint density at radius 1 is 1.46 bits per heavy atom. The fourth-order valence-electron chi connectivity index (χ4n) is 1.03. The molecule has 13 heavy (non-hydrogen) atoms. The van der Waals surface area contributed by atoms with E-state index in [9.17, 15) is 5.11 Å². The second-order valence-corrected chi connectivity index (χ2v) is 2.78. The molecule has 2 N–H and O–H groups in total. The van der Waals surface area contributed by atoms with Gasteiger partial charge in [0.15, 0.2) is 0 Å². The van der Waals surface area contributed by atoms with Crippen molar-refractivity contribution in [2.45, 2.75) is 6.92 Å². The van der Waals surface area contributed by atoms with Gasteiger partial charge in [0.1, 0.15) is 5.75 Å². The van der Waals surface area contributed by atoms with E-state index in [1.165, 1.54) is 0 Å². The Kier molecular flexibility index (Phi) is 5.87. The number of aliphatic hydroxyl groups is 1. The topological polar surface area (TPSA) is 40.5 Å². The molecule has 1 rings (SSSR count). The first-order valence-electron chi connectivity index (χ1n) is 3.73. The van der Waals surface area contributed by atoms with Crippen LogP contribution in [0.5, 0.6) is 5.75 Å². The van der Waals surface area contributed by atoms with Crippen LogP contribution in [0.25, 0.3) is 5.57 Å². The number of hydrogen-bond acceptors (Lipinski definition) is 2. The molecule has 0 unspecified atom stereocenters. The van der Waals surface area contributed by atoms with Crippen molar-refractivity contribution in [3.8, 4) is 5.75 Å². The minimum Gasteiger partial charge on any atom is -0.507 e. The van der Waals surface area contributed by atoms with Gasteiger partial charge >= 0.3 is 0 Å². The molecule has 0 aliphatic heterocycles. The van der Waals surface area contributed by atoms with Crippen LogP contribution >= 0.6 is 0 Å². The smallest absolute Gasteiger partial charge is 0.123 e. The van der Waals surface area contributed by atoms with Crippen molar-refractivity contribution in [3.05, 3.63) is 35.9 Å². The van der Waals surface area contributed by atoms with E-state index in [-0.39, 0.29) is 56.4 Å². The number of phenolic OH excluding ortho intramolecular Hbond substituents is 1. The largest absolute Gasteiger partial charge is 0.507 e. The zero-order chi connectivity index (χ0) is 9.14. The van der Waals surface area contributed by atoms with E-state index in [4.69, 9.17) is 5.11 Å². The van der Waals surface area contributed by atoms with Crippen LogP contribution < -0.4 is 0 Å². The second-order valence-electron chi connectivity index (χ2n) is 2.78.